The SMILES string of the molecule is Cc1ccc(-c2nc(C)c(C(Cc3ccc(-c4cccc(C(F)(F)F)c4)cc3)Sc3ccc(OCC(=O)O)c(C)c3)[se]2)cc1. The van der Waals surface area contributed by atoms with E-state index in [-0.39, 0.29) is 19.8 Å². The van der Waals surface area contributed by atoms with Crippen molar-refractivity contribution >= 4 is 32.2 Å². The normalized spacial score (nSPS) is 12.2. The van der Waals surface area contributed by atoms with Crippen molar-refractivity contribution in [2.45, 2.75) is 43.5 Å². The first-order chi connectivity index (χ1) is 21.0. The third-order valence-electron chi connectivity index (χ3n) is 7.10. The van der Waals surface area contributed by atoms with Gasteiger partial charge in [-0.05, 0) is 0 Å². The average molecular weight is 681 g/mol. The number of ether oxygens (including phenoxy) is 1. The molecule has 0 fully saturated rings. The van der Waals surface area contributed by atoms with E-state index in [1.54, 1.807) is 23.9 Å². The number of hydrogen-bond acceptors (Lipinski definition) is 4. The molecule has 9 heteroatoms. The van der Waals surface area contributed by atoms with Crippen molar-refractivity contribution < 1.29 is 27.8 Å². The number of alkyl halides is 3. The summed E-state index contributed by atoms with van der Waals surface area (Å²) in [6.45, 7) is 5.60. The molecule has 1 atom stereocenters. The van der Waals surface area contributed by atoms with Crippen LogP contribution in [0.1, 0.15) is 37.6 Å². The Morgan fingerprint density at radius 1 is 0.909 bits per heavy atom. The van der Waals surface area contributed by atoms with Gasteiger partial charge in [-0.15, -0.1) is 0 Å². The van der Waals surface area contributed by atoms with Crippen molar-refractivity contribution in [3.63, 3.8) is 0 Å². The van der Waals surface area contributed by atoms with Crippen molar-refractivity contribution in [2.75, 3.05) is 6.61 Å². The van der Waals surface area contributed by atoms with Gasteiger partial charge in [0.05, 0.1) is 0 Å². The fraction of sp³-hybridized carbons (Fsp3) is 0.200. The molecule has 0 aliphatic carbocycles. The monoisotopic (exact) mass is 681 g/mol. The number of nitrogens with zero attached hydrogens (tertiary/aromatic N) is 1. The number of hydrogen-bond donors (Lipinski definition) is 1. The average Bonchev–Trinajstić information content (AvgIpc) is 3.38. The molecule has 0 bridgehead atoms. The topological polar surface area (TPSA) is 59.4 Å². The van der Waals surface area contributed by atoms with Crippen molar-refractivity contribution in [1.29, 1.82) is 0 Å². The van der Waals surface area contributed by atoms with Gasteiger partial charge in [0.1, 0.15) is 0 Å². The quantitative estimate of drug-likeness (QED) is 0.118. The second-order valence-electron chi connectivity index (χ2n) is 10.5. The van der Waals surface area contributed by atoms with Gasteiger partial charge in [0.2, 0.25) is 0 Å². The predicted molar refractivity (Wildman–Crippen MR) is 170 cm³/mol. The molecule has 0 radical (unpaired) electrons. The maximum atomic E-state index is 13.3. The molecule has 4 nitrogen and oxygen atoms in total. The third kappa shape index (κ3) is 7.83. The minimum absolute atomic E-state index is 0.00850. The van der Waals surface area contributed by atoms with Crippen LogP contribution in [0.4, 0.5) is 13.2 Å². The van der Waals surface area contributed by atoms with Crippen LogP contribution < -0.4 is 4.74 Å². The molecule has 0 saturated heterocycles. The number of thioether (sulfide) groups is 1. The van der Waals surface area contributed by atoms with Gasteiger partial charge in [-0.1, -0.05) is 0 Å². The van der Waals surface area contributed by atoms with E-state index >= 15 is 0 Å². The van der Waals surface area contributed by atoms with E-state index in [2.05, 4.69) is 38.1 Å². The van der Waals surface area contributed by atoms with Crippen LogP contribution in [0.5, 0.6) is 5.75 Å². The zero-order valence-corrected chi connectivity index (χ0v) is 26.8. The number of carboxylic acids is 1. The van der Waals surface area contributed by atoms with E-state index < -0.39 is 24.3 Å². The Bertz CT molecular complexity index is 1770. The Kier molecular flexibility index (Phi) is 9.68. The molecule has 1 aromatic heterocycles. The fourth-order valence-corrected chi connectivity index (χ4v) is 8.83. The van der Waals surface area contributed by atoms with Crippen LogP contribution in [0.2, 0.25) is 0 Å². The molecule has 4 aromatic carbocycles. The first-order valence-electron chi connectivity index (χ1n) is 13.9. The van der Waals surface area contributed by atoms with Gasteiger partial charge in [-0.3, -0.25) is 0 Å². The van der Waals surface area contributed by atoms with Gasteiger partial charge < -0.3 is 0 Å². The van der Waals surface area contributed by atoms with Crippen LogP contribution >= 0.6 is 11.8 Å². The second-order valence-corrected chi connectivity index (χ2v) is 14.0. The molecule has 5 aromatic rings. The van der Waals surface area contributed by atoms with E-state index in [1.807, 2.05) is 43.3 Å². The molecular weight excluding hydrogens is 650 g/mol. The maximum absolute atomic E-state index is 13.3. The number of rotatable bonds is 10. The Morgan fingerprint density at radius 2 is 1.61 bits per heavy atom. The molecule has 1 unspecified atom stereocenters. The van der Waals surface area contributed by atoms with Gasteiger partial charge in [0.15, 0.2) is 0 Å². The van der Waals surface area contributed by atoms with E-state index in [0.717, 1.165) is 43.5 Å². The van der Waals surface area contributed by atoms with Crippen LogP contribution in [0, 0.1) is 20.8 Å². The molecule has 1 N–H and O–H groups in total. The van der Waals surface area contributed by atoms with E-state index in [0.29, 0.717) is 17.7 Å². The third-order valence-corrected chi connectivity index (χ3v) is 11.4. The van der Waals surface area contributed by atoms with Crippen molar-refractivity contribution in [3.8, 4) is 27.0 Å². The number of benzene rings is 4. The first-order valence-corrected chi connectivity index (χ1v) is 16.5. The molecule has 0 amide bonds. The van der Waals surface area contributed by atoms with Crippen LogP contribution in [-0.2, 0) is 17.4 Å². The molecule has 226 valence electrons. The standard InChI is InChI=1S/C35H30F3NO3SSe/c1-21-7-11-26(12-8-21)34-39-23(3)33(44-34)31(43-29-15-16-30(22(2)17-29)42-20-32(40)41)18-24-9-13-25(14-10-24)27-5-4-6-28(19-27)35(36,37)38/h4-17,19,31H,18,20H2,1-3H3,(H,40,41). The van der Waals surface area contributed by atoms with Crippen LogP contribution in [0.3, 0.4) is 0 Å². The predicted octanol–water partition coefficient (Wildman–Crippen LogP) is 8.96. The summed E-state index contributed by atoms with van der Waals surface area (Å²) in [6.07, 6.45) is -3.69. The number of carboxylic acid groups (broad SMARTS) is 1. The van der Waals surface area contributed by atoms with Gasteiger partial charge in [0, 0.05) is 0 Å². The summed E-state index contributed by atoms with van der Waals surface area (Å²) >= 11 is 1.73. The van der Waals surface area contributed by atoms with Crippen molar-refractivity contribution in [3.05, 3.63) is 123 Å². The number of halogens is 3. The van der Waals surface area contributed by atoms with Gasteiger partial charge >= 0.3 is 266 Å². The molecule has 5 rings (SSSR count). The van der Waals surface area contributed by atoms with Gasteiger partial charge in [-0.25, -0.2) is 0 Å². The second kappa shape index (κ2) is 13.5. The zero-order chi connectivity index (χ0) is 31.4. The van der Waals surface area contributed by atoms with Crippen molar-refractivity contribution in [1.82, 2.24) is 4.98 Å². The summed E-state index contributed by atoms with van der Waals surface area (Å²) in [5.41, 5.74) is 5.81. The number of carbonyl (C=O) groups is 1. The summed E-state index contributed by atoms with van der Waals surface area (Å²) < 4.78 is 47.6. The Morgan fingerprint density at radius 3 is 2.27 bits per heavy atom. The van der Waals surface area contributed by atoms with Crippen LogP contribution in [-0.4, -0.2) is 37.2 Å². The molecule has 0 aliphatic rings. The number of aliphatic carboxylic acids is 1. The van der Waals surface area contributed by atoms with Crippen LogP contribution in [0.25, 0.3) is 21.3 Å². The fourth-order valence-electron chi connectivity index (χ4n) is 4.80. The first kappa shape index (κ1) is 31.6. The Balaban J connectivity index is 1.44. The summed E-state index contributed by atoms with van der Waals surface area (Å²) in [7, 11) is 0. The zero-order valence-electron chi connectivity index (χ0n) is 24.3. The summed E-state index contributed by atoms with van der Waals surface area (Å²) in [4.78, 5) is 17.0. The van der Waals surface area contributed by atoms with Crippen molar-refractivity contribution in [2.24, 2.45) is 0 Å². The van der Waals surface area contributed by atoms with E-state index in [9.17, 15) is 18.0 Å². The van der Waals surface area contributed by atoms with E-state index in [4.69, 9.17) is 14.8 Å². The van der Waals surface area contributed by atoms with Crippen LogP contribution in [0.15, 0.2) is 95.9 Å². The Hall–Kier alpha value is -3.78. The van der Waals surface area contributed by atoms with Gasteiger partial charge in [-0.2, -0.15) is 0 Å². The molecule has 44 heavy (non-hydrogen) atoms. The summed E-state index contributed by atoms with van der Waals surface area (Å²) in [5.74, 6) is -0.499. The molecule has 0 spiro atoms. The molecule has 1 heterocycles. The Labute approximate surface area is 264 Å². The summed E-state index contributed by atoms with van der Waals surface area (Å²) in [5, 5.41) is 9.04. The molecule has 0 aliphatic heterocycles. The molecular formula is C35H30F3NO3SSe. The van der Waals surface area contributed by atoms with Gasteiger partial charge in [0.25, 0.3) is 0 Å². The number of aryl methyl sites for hydroxylation is 3. The summed E-state index contributed by atoms with van der Waals surface area (Å²) in [6, 6.07) is 27.3. The number of aromatic nitrogens is 1. The van der Waals surface area contributed by atoms with E-state index in [1.165, 1.54) is 22.1 Å². The minimum atomic E-state index is -4.40. The molecule has 0 saturated carbocycles.